The maximum absolute atomic E-state index is 12.7. The summed E-state index contributed by atoms with van der Waals surface area (Å²) in [4.78, 5) is 27.1. The zero-order valence-corrected chi connectivity index (χ0v) is 15.5. The predicted molar refractivity (Wildman–Crippen MR) is 101 cm³/mol. The lowest BCUT2D eigenvalue weighted by Gasteiger charge is -2.23. The number of methoxy groups -OCH3 is 1. The SMILES string of the molecule is COc1ccc2c(c1)[C@]1(CCN(C(=O)COc3cccc(C)c3)C1)C(=O)N2. The number of nitrogens with zero attached hydrogens (tertiary/aromatic N) is 1. The zero-order chi connectivity index (χ0) is 19.0. The number of hydrogen-bond acceptors (Lipinski definition) is 4. The van der Waals surface area contributed by atoms with E-state index in [9.17, 15) is 9.59 Å². The summed E-state index contributed by atoms with van der Waals surface area (Å²) in [5.74, 6) is 1.21. The van der Waals surface area contributed by atoms with Gasteiger partial charge in [-0.15, -0.1) is 0 Å². The second-order valence-corrected chi connectivity index (χ2v) is 7.12. The van der Waals surface area contributed by atoms with Crippen LogP contribution in [0.15, 0.2) is 42.5 Å². The van der Waals surface area contributed by atoms with Gasteiger partial charge < -0.3 is 19.7 Å². The smallest absolute Gasteiger partial charge is 0.260 e. The monoisotopic (exact) mass is 366 g/mol. The number of ether oxygens (including phenoxy) is 2. The molecule has 2 aliphatic rings. The summed E-state index contributed by atoms with van der Waals surface area (Å²) in [6.45, 7) is 2.82. The highest BCUT2D eigenvalue weighted by Crippen LogP contribution is 2.45. The van der Waals surface area contributed by atoms with E-state index in [4.69, 9.17) is 9.47 Å². The fourth-order valence-corrected chi connectivity index (χ4v) is 3.89. The molecular weight excluding hydrogens is 344 g/mol. The van der Waals surface area contributed by atoms with Gasteiger partial charge in [0.2, 0.25) is 5.91 Å². The molecule has 0 bridgehead atoms. The van der Waals surface area contributed by atoms with Crippen molar-refractivity contribution in [3.8, 4) is 11.5 Å². The van der Waals surface area contributed by atoms with E-state index in [0.29, 0.717) is 31.0 Å². The number of rotatable bonds is 4. The molecule has 6 nitrogen and oxygen atoms in total. The first-order valence-corrected chi connectivity index (χ1v) is 8.99. The van der Waals surface area contributed by atoms with Crippen LogP contribution in [0.4, 0.5) is 5.69 Å². The topological polar surface area (TPSA) is 67.9 Å². The number of benzene rings is 2. The van der Waals surface area contributed by atoms with Crippen LogP contribution < -0.4 is 14.8 Å². The Bertz CT molecular complexity index is 911. The zero-order valence-electron chi connectivity index (χ0n) is 15.5. The largest absolute Gasteiger partial charge is 0.497 e. The van der Waals surface area contributed by atoms with Gasteiger partial charge in [-0.2, -0.15) is 0 Å². The molecule has 0 radical (unpaired) electrons. The minimum absolute atomic E-state index is 0.0356. The number of aryl methyl sites for hydroxylation is 1. The number of carbonyl (C=O) groups excluding carboxylic acids is 2. The van der Waals surface area contributed by atoms with Gasteiger partial charge in [0, 0.05) is 18.8 Å². The van der Waals surface area contributed by atoms with Crippen LogP contribution >= 0.6 is 0 Å². The lowest BCUT2D eigenvalue weighted by Crippen LogP contribution is -2.40. The van der Waals surface area contributed by atoms with Gasteiger partial charge in [-0.1, -0.05) is 12.1 Å². The van der Waals surface area contributed by atoms with Crippen molar-refractivity contribution < 1.29 is 19.1 Å². The highest BCUT2D eigenvalue weighted by atomic mass is 16.5. The quantitative estimate of drug-likeness (QED) is 0.903. The first kappa shape index (κ1) is 17.4. The van der Waals surface area contributed by atoms with E-state index >= 15 is 0 Å². The van der Waals surface area contributed by atoms with Gasteiger partial charge in [0.05, 0.1) is 12.5 Å². The van der Waals surface area contributed by atoms with Crippen molar-refractivity contribution in [2.75, 3.05) is 32.1 Å². The fourth-order valence-electron chi connectivity index (χ4n) is 3.89. The van der Waals surface area contributed by atoms with Gasteiger partial charge in [0.1, 0.15) is 11.5 Å². The summed E-state index contributed by atoms with van der Waals surface area (Å²) < 4.78 is 10.9. The molecule has 140 valence electrons. The molecule has 1 saturated heterocycles. The highest BCUT2D eigenvalue weighted by molar-refractivity contribution is 6.07. The molecule has 1 N–H and O–H groups in total. The second kappa shape index (κ2) is 6.61. The molecule has 2 aromatic carbocycles. The van der Waals surface area contributed by atoms with Crippen molar-refractivity contribution in [2.45, 2.75) is 18.8 Å². The number of anilines is 1. The number of nitrogens with one attached hydrogen (secondary N) is 1. The molecular formula is C21H22N2O4. The normalized spacial score (nSPS) is 20.5. The van der Waals surface area contributed by atoms with E-state index in [-0.39, 0.29) is 18.4 Å². The van der Waals surface area contributed by atoms with Crippen LogP contribution in [0.5, 0.6) is 11.5 Å². The fraction of sp³-hybridized carbons (Fsp3) is 0.333. The number of fused-ring (bicyclic) bond motifs is 2. The van der Waals surface area contributed by atoms with Crippen molar-refractivity contribution in [1.82, 2.24) is 4.90 Å². The summed E-state index contributed by atoms with van der Waals surface area (Å²) >= 11 is 0. The van der Waals surface area contributed by atoms with E-state index in [1.807, 2.05) is 49.4 Å². The van der Waals surface area contributed by atoms with Crippen molar-refractivity contribution >= 4 is 17.5 Å². The molecule has 0 aromatic heterocycles. The standard InChI is InChI=1S/C21H22N2O4/c1-14-4-3-5-16(10-14)27-12-19(24)23-9-8-21(13-23)17-11-15(26-2)6-7-18(17)22-20(21)25/h3-7,10-11H,8-9,12-13H2,1-2H3,(H,22,25)/t21-/m1/s1. The number of hydrogen-bond donors (Lipinski definition) is 1. The molecule has 1 atom stereocenters. The van der Waals surface area contributed by atoms with Gasteiger partial charge in [-0.3, -0.25) is 9.59 Å². The molecule has 6 heteroatoms. The Hall–Kier alpha value is -3.02. The molecule has 2 heterocycles. The van der Waals surface area contributed by atoms with E-state index < -0.39 is 5.41 Å². The van der Waals surface area contributed by atoms with E-state index in [2.05, 4.69) is 5.32 Å². The number of carbonyl (C=O) groups is 2. The van der Waals surface area contributed by atoms with Crippen LogP contribution in [0.1, 0.15) is 17.5 Å². The maximum Gasteiger partial charge on any atom is 0.260 e. The first-order chi connectivity index (χ1) is 13.0. The van der Waals surface area contributed by atoms with Crippen LogP contribution in [-0.2, 0) is 15.0 Å². The van der Waals surface area contributed by atoms with Crippen LogP contribution in [0.25, 0.3) is 0 Å². The molecule has 2 aromatic rings. The molecule has 0 aliphatic carbocycles. The maximum atomic E-state index is 12.7. The third-order valence-electron chi connectivity index (χ3n) is 5.40. The van der Waals surface area contributed by atoms with Gasteiger partial charge in [0.15, 0.2) is 6.61 Å². The average molecular weight is 366 g/mol. The third-order valence-corrected chi connectivity index (χ3v) is 5.40. The van der Waals surface area contributed by atoms with Crippen LogP contribution in [-0.4, -0.2) is 43.5 Å². The molecule has 0 saturated carbocycles. The van der Waals surface area contributed by atoms with Gasteiger partial charge in [-0.05, 0) is 54.8 Å². The minimum atomic E-state index is -0.705. The summed E-state index contributed by atoms with van der Waals surface area (Å²) in [5, 5.41) is 2.94. The van der Waals surface area contributed by atoms with E-state index in [1.54, 1.807) is 12.0 Å². The summed E-state index contributed by atoms with van der Waals surface area (Å²) in [6, 6.07) is 13.2. The van der Waals surface area contributed by atoms with E-state index in [0.717, 1.165) is 16.8 Å². The Balaban J connectivity index is 1.48. The van der Waals surface area contributed by atoms with Crippen molar-refractivity contribution in [2.24, 2.45) is 0 Å². The Morgan fingerprint density at radius 1 is 1.22 bits per heavy atom. The predicted octanol–water partition coefficient (Wildman–Crippen LogP) is 2.50. The first-order valence-electron chi connectivity index (χ1n) is 8.99. The Labute approximate surface area is 158 Å². The summed E-state index contributed by atoms with van der Waals surface area (Å²) in [7, 11) is 1.60. The minimum Gasteiger partial charge on any atom is -0.497 e. The molecule has 1 spiro atoms. The summed E-state index contributed by atoms with van der Waals surface area (Å²) in [6.07, 6.45) is 0.592. The molecule has 0 unspecified atom stereocenters. The lowest BCUT2D eigenvalue weighted by molar-refractivity contribution is -0.132. The van der Waals surface area contributed by atoms with Crippen LogP contribution in [0.3, 0.4) is 0 Å². The molecule has 27 heavy (non-hydrogen) atoms. The Kier molecular flexibility index (Phi) is 4.26. The Morgan fingerprint density at radius 3 is 2.85 bits per heavy atom. The highest BCUT2D eigenvalue weighted by Gasteiger charge is 2.52. The van der Waals surface area contributed by atoms with Gasteiger partial charge in [-0.25, -0.2) is 0 Å². The average Bonchev–Trinajstić information content (AvgIpc) is 3.23. The second-order valence-electron chi connectivity index (χ2n) is 7.12. The van der Waals surface area contributed by atoms with Crippen molar-refractivity contribution in [3.05, 3.63) is 53.6 Å². The lowest BCUT2D eigenvalue weighted by atomic mass is 9.81. The van der Waals surface area contributed by atoms with Crippen molar-refractivity contribution in [3.63, 3.8) is 0 Å². The van der Waals surface area contributed by atoms with E-state index in [1.165, 1.54) is 0 Å². The Morgan fingerprint density at radius 2 is 2.07 bits per heavy atom. The third kappa shape index (κ3) is 3.01. The van der Waals surface area contributed by atoms with Crippen LogP contribution in [0.2, 0.25) is 0 Å². The van der Waals surface area contributed by atoms with Gasteiger partial charge in [0.25, 0.3) is 5.91 Å². The molecule has 2 amide bonds. The number of likely N-dealkylation sites (tertiary alicyclic amines) is 1. The summed E-state index contributed by atoms with van der Waals surface area (Å²) in [5.41, 5.74) is 2.07. The molecule has 2 aliphatic heterocycles. The number of amides is 2. The molecule has 1 fully saturated rings. The molecule has 4 rings (SSSR count). The van der Waals surface area contributed by atoms with Crippen LogP contribution in [0, 0.1) is 6.92 Å². The van der Waals surface area contributed by atoms with Crippen molar-refractivity contribution in [1.29, 1.82) is 0 Å². The van der Waals surface area contributed by atoms with Gasteiger partial charge >= 0.3 is 0 Å².